The number of ether oxygens (including phenoxy) is 5. The number of aromatic nitrogens is 5. The quantitative estimate of drug-likeness (QED) is 0.342. The van der Waals surface area contributed by atoms with Crippen molar-refractivity contribution in [1.82, 2.24) is 24.7 Å². The Morgan fingerprint density at radius 2 is 1.77 bits per heavy atom. The van der Waals surface area contributed by atoms with Crippen molar-refractivity contribution in [3.63, 3.8) is 0 Å². The maximum absolute atomic E-state index is 13.9. The molecule has 0 saturated carbocycles. The lowest BCUT2D eigenvalue weighted by Crippen LogP contribution is -2.32. The molecule has 0 spiro atoms. The summed E-state index contributed by atoms with van der Waals surface area (Å²) in [5, 5.41) is 7.69. The van der Waals surface area contributed by atoms with E-state index in [0.29, 0.717) is 41.9 Å². The van der Waals surface area contributed by atoms with Gasteiger partial charge in [-0.3, -0.25) is 14.5 Å². The molecule has 1 aromatic carbocycles. The second-order valence-electron chi connectivity index (χ2n) is 9.46. The number of methoxy groups -OCH3 is 2. The average Bonchev–Trinajstić information content (AvgIpc) is 3.33. The van der Waals surface area contributed by atoms with Crippen LogP contribution in [0, 0.1) is 6.92 Å². The monoisotopic (exact) mass is 561 g/mol. The van der Waals surface area contributed by atoms with Gasteiger partial charge < -0.3 is 23.7 Å². The van der Waals surface area contributed by atoms with E-state index in [9.17, 15) is 8.42 Å². The van der Waals surface area contributed by atoms with Gasteiger partial charge in [0.05, 0.1) is 63.0 Å². The molecule has 1 aliphatic rings. The molecule has 0 N–H and O–H groups in total. The minimum Gasteiger partial charge on any atom is -0.494 e. The molecule has 1 fully saturated rings. The van der Waals surface area contributed by atoms with Crippen LogP contribution in [0.3, 0.4) is 0 Å². The Bertz CT molecular complexity index is 1330. The lowest BCUT2D eigenvalue weighted by molar-refractivity contribution is -0.0942. The van der Waals surface area contributed by atoms with Crippen LogP contribution in [-0.4, -0.2) is 78.5 Å². The highest BCUT2D eigenvalue weighted by Crippen LogP contribution is 2.37. The normalized spacial score (nSPS) is 17.7. The first-order valence-corrected chi connectivity index (χ1v) is 14.4. The molecule has 13 heteroatoms. The number of benzene rings is 1. The van der Waals surface area contributed by atoms with E-state index in [1.165, 1.54) is 14.2 Å². The van der Waals surface area contributed by atoms with E-state index in [4.69, 9.17) is 23.7 Å². The molecule has 0 aliphatic carbocycles. The number of sulfone groups is 1. The van der Waals surface area contributed by atoms with Crippen LogP contribution in [0.25, 0.3) is 5.69 Å². The zero-order chi connectivity index (χ0) is 28.2. The van der Waals surface area contributed by atoms with Crippen molar-refractivity contribution in [1.29, 1.82) is 0 Å². The van der Waals surface area contributed by atoms with Crippen LogP contribution in [0.5, 0.6) is 11.5 Å². The summed E-state index contributed by atoms with van der Waals surface area (Å²) in [6.45, 7) is 8.18. The number of nitrogens with zero attached hydrogens (tertiary/aromatic N) is 5. The smallest absolute Gasteiger partial charge is 0.169 e. The highest BCUT2D eigenvalue weighted by atomic mass is 32.2. The number of aryl methyl sites for hydroxylation is 1. The maximum Gasteiger partial charge on any atom is 0.169 e. The molecule has 0 bridgehead atoms. The molecule has 0 radical (unpaired) electrons. The van der Waals surface area contributed by atoms with Crippen LogP contribution in [0.15, 0.2) is 30.6 Å². The van der Waals surface area contributed by atoms with E-state index >= 15 is 0 Å². The minimum absolute atomic E-state index is 0.173. The summed E-state index contributed by atoms with van der Waals surface area (Å²) in [7, 11) is -0.823. The Morgan fingerprint density at radius 3 is 2.33 bits per heavy atom. The van der Waals surface area contributed by atoms with Gasteiger partial charge in [-0.25, -0.2) is 8.42 Å². The summed E-state index contributed by atoms with van der Waals surface area (Å²) >= 11 is 0. The molecule has 212 valence electrons. The zero-order valence-electron chi connectivity index (χ0n) is 23.0. The van der Waals surface area contributed by atoms with Crippen LogP contribution in [0.4, 0.5) is 0 Å². The fourth-order valence-corrected chi connectivity index (χ4v) is 5.72. The van der Waals surface area contributed by atoms with E-state index < -0.39 is 33.0 Å². The number of hydrogen-bond acceptors (Lipinski definition) is 11. The summed E-state index contributed by atoms with van der Waals surface area (Å²) in [5.74, 6) is 1.03. The lowest BCUT2D eigenvalue weighted by Gasteiger charge is -2.26. The van der Waals surface area contributed by atoms with Gasteiger partial charge in [0.1, 0.15) is 35.1 Å². The molecule has 4 rings (SSSR count). The topological polar surface area (TPSA) is 137 Å². The van der Waals surface area contributed by atoms with Crippen LogP contribution in [0.2, 0.25) is 0 Å². The van der Waals surface area contributed by atoms with Gasteiger partial charge in [0, 0.05) is 6.20 Å². The first-order valence-electron chi connectivity index (χ1n) is 12.7. The molecule has 3 atom stereocenters. The highest BCUT2D eigenvalue weighted by molar-refractivity contribution is 7.91. The largest absolute Gasteiger partial charge is 0.494 e. The van der Waals surface area contributed by atoms with Crippen molar-refractivity contribution in [2.75, 3.05) is 34.0 Å². The van der Waals surface area contributed by atoms with Crippen LogP contribution in [0.1, 0.15) is 56.0 Å². The van der Waals surface area contributed by atoms with E-state index in [1.54, 1.807) is 42.1 Å². The molecule has 12 nitrogen and oxygen atoms in total. The number of hydrogen-bond donors (Lipinski definition) is 0. The molecule has 3 aromatic rings. The SMILES string of the molecule is COc1cccc(OC)c1-n1c(CS(=O)(=O)[C@@H](C)[C@@H](OC(C)C)c2cnc(C)cn2)nnc1[C@@H]1COCCO1. The molecule has 2 aromatic heterocycles. The minimum atomic E-state index is -3.87. The van der Waals surface area contributed by atoms with Crippen molar-refractivity contribution >= 4 is 9.84 Å². The Labute approximate surface area is 228 Å². The zero-order valence-corrected chi connectivity index (χ0v) is 23.8. The molecule has 0 amide bonds. The second-order valence-corrected chi connectivity index (χ2v) is 11.8. The van der Waals surface area contributed by atoms with Gasteiger partial charge >= 0.3 is 0 Å². The number of rotatable bonds is 11. The van der Waals surface area contributed by atoms with Crippen molar-refractivity contribution in [2.45, 2.75) is 57.0 Å². The van der Waals surface area contributed by atoms with Gasteiger partial charge in [-0.2, -0.15) is 0 Å². The number of para-hydroxylation sites is 1. The van der Waals surface area contributed by atoms with E-state index in [1.807, 2.05) is 20.8 Å². The lowest BCUT2D eigenvalue weighted by atomic mass is 10.2. The van der Waals surface area contributed by atoms with Crippen molar-refractivity contribution in [3.8, 4) is 17.2 Å². The van der Waals surface area contributed by atoms with Gasteiger partial charge in [0.25, 0.3) is 0 Å². The first-order chi connectivity index (χ1) is 18.7. The maximum atomic E-state index is 13.9. The van der Waals surface area contributed by atoms with Crippen molar-refractivity contribution < 1.29 is 32.1 Å². The Kier molecular flexibility index (Phi) is 9.15. The third-order valence-corrected chi connectivity index (χ3v) is 8.36. The van der Waals surface area contributed by atoms with Gasteiger partial charge in [-0.05, 0) is 39.8 Å². The molecule has 1 saturated heterocycles. The standard InChI is InChI=1S/C26H35N5O7S/c1-16(2)38-25(19-13-27-17(3)12-28-19)18(4)39(32,33)15-23-29-30-26(22-14-36-10-11-37-22)31(23)24-20(34-5)8-7-9-21(24)35-6/h7-9,12-13,16,18,22,25H,10-11,14-15H2,1-6H3/t18-,22-,25+/m0/s1. The van der Waals surface area contributed by atoms with E-state index in [-0.39, 0.29) is 18.5 Å². The molecular formula is C26H35N5O7S. The molecule has 39 heavy (non-hydrogen) atoms. The molecule has 3 heterocycles. The second kappa shape index (κ2) is 12.4. The third-order valence-electron chi connectivity index (χ3n) is 6.32. The Balaban J connectivity index is 1.79. The van der Waals surface area contributed by atoms with Crippen molar-refractivity contribution in [2.24, 2.45) is 0 Å². The van der Waals surface area contributed by atoms with Crippen molar-refractivity contribution in [3.05, 3.63) is 53.6 Å². The summed E-state index contributed by atoms with van der Waals surface area (Å²) in [6.07, 6.45) is 1.50. The summed E-state index contributed by atoms with van der Waals surface area (Å²) in [5.41, 5.74) is 1.62. The summed E-state index contributed by atoms with van der Waals surface area (Å²) in [6, 6.07) is 5.28. The third kappa shape index (κ3) is 6.38. The van der Waals surface area contributed by atoms with E-state index in [2.05, 4.69) is 20.2 Å². The Hall–Kier alpha value is -3.13. The van der Waals surface area contributed by atoms with Crippen LogP contribution >= 0.6 is 0 Å². The fourth-order valence-electron chi connectivity index (χ4n) is 4.33. The van der Waals surface area contributed by atoms with Crippen LogP contribution < -0.4 is 9.47 Å². The van der Waals surface area contributed by atoms with Crippen LogP contribution in [-0.2, 0) is 29.8 Å². The predicted octanol–water partition coefficient (Wildman–Crippen LogP) is 2.94. The van der Waals surface area contributed by atoms with Gasteiger partial charge in [-0.15, -0.1) is 10.2 Å². The van der Waals surface area contributed by atoms with Gasteiger partial charge in [-0.1, -0.05) is 6.07 Å². The molecular weight excluding hydrogens is 526 g/mol. The van der Waals surface area contributed by atoms with E-state index in [0.717, 1.165) is 5.69 Å². The summed E-state index contributed by atoms with van der Waals surface area (Å²) in [4.78, 5) is 8.69. The van der Waals surface area contributed by atoms with Gasteiger partial charge in [0.2, 0.25) is 0 Å². The van der Waals surface area contributed by atoms with Gasteiger partial charge in [0.15, 0.2) is 21.5 Å². The summed E-state index contributed by atoms with van der Waals surface area (Å²) < 4.78 is 58.2. The highest BCUT2D eigenvalue weighted by Gasteiger charge is 2.36. The predicted molar refractivity (Wildman–Crippen MR) is 142 cm³/mol. The fraction of sp³-hybridized carbons (Fsp3) is 0.538. The molecule has 1 aliphatic heterocycles. The molecule has 0 unspecified atom stereocenters. The Morgan fingerprint density at radius 1 is 1.05 bits per heavy atom. The first kappa shape index (κ1) is 28.9. The average molecular weight is 562 g/mol.